The number of halogens is 2. The lowest BCUT2D eigenvalue weighted by Gasteiger charge is -2.15. The minimum absolute atomic E-state index is 0.0494. The van der Waals surface area contributed by atoms with Gasteiger partial charge in [-0.05, 0) is 44.2 Å². The molecule has 3 aromatic heterocycles. The third-order valence-electron chi connectivity index (χ3n) is 5.14. The summed E-state index contributed by atoms with van der Waals surface area (Å²) in [6.07, 6.45) is 1.72. The standard InChI is InChI=1S/C25H23Cl2N5O2/c1-14(2)23-28-11-10-20(31-23)17-8-9-19(26)21(12-17)32-16(4)30-24(22(27)25(32)33)34-13-18-7-5-6-15(3)29-18/h5-12,14H,13H2,1-4H3. The van der Waals surface area contributed by atoms with Gasteiger partial charge in [-0.3, -0.25) is 14.3 Å². The Hall–Kier alpha value is -3.29. The van der Waals surface area contributed by atoms with Crippen molar-refractivity contribution >= 4 is 23.2 Å². The topological polar surface area (TPSA) is 82.8 Å². The number of hydrogen-bond donors (Lipinski definition) is 0. The summed E-state index contributed by atoms with van der Waals surface area (Å²) in [6.45, 7) is 7.78. The van der Waals surface area contributed by atoms with E-state index in [9.17, 15) is 4.79 Å². The van der Waals surface area contributed by atoms with Gasteiger partial charge in [0.25, 0.3) is 5.56 Å². The zero-order chi connectivity index (χ0) is 24.4. The monoisotopic (exact) mass is 495 g/mol. The van der Waals surface area contributed by atoms with E-state index in [4.69, 9.17) is 27.9 Å². The molecule has 0 saturated heterocycles. The third-order valence-corrected chi connectivity index (χ3v) is 5.78. The minimum atomic E-state index is -0.481. The first-order chi connectivity index (χ1) is 16.2. The van der Waals surface area contributed by atoms with E-state index in [2.05, 4.69) is 19.9 Å². The molecule has 0 N–H and O–H groups in total. The van der Waals surface area contributed by atoms with Crippen molar-refractivity contribution in [2.24, 2.45) is 0 Å². The van der Waals surface area contributed by atoms with Crippen molar-refractivity contribution in [1.82, 2.24) is 24.5 Å². The number of rotatable bonds is 6. The Bertz CT molecular complexity index is 1420. The average molecular weight is 496 g/mol. The molecule has 0 aliphatic carbocycles. The zero-order valence-corrected chi connectivity index (χ0v) is 20.7. The van der Waals surface area contributed by atoms with Crippen LogP contribution in [0.15, 0.2) is 53.5 Å². The van der Waals surface area contributed by atoms with E-state index in [0.717, 1.165) is 22.8 Å². The highest BCUT2D eigenvalue weighted by atomic mass is 35.5. The van der Waals surface area contributed by atoms with Gasteiger partial charge in [0.05, 0.1) is 22.1 Å². The molecule has 0 radical (unpaired) electrons. The first-order valence-electron chi connectivity index (χ1n) is 10.7. The molecule has 0 spiro atoms. The van der Waals surface area contributed by atoms with Crippen LogP contribution in [0.2, 0.25) is 10.0 Å². The zero-order valence-electron chi connectivity index (χ0n) is 19.2. The number of aromatic nitrogens is 5. The lowest BCUT2D eigenvalue weighted by molar-refractivity contribution is 0.287. The van der Waals surface area contributed by atoms with Crippen molar-refractivity contribution in [3.8, 4) is 22.8 Å². The minimum Gasteiger partial charge on any atom is -0.470 e. The van der Waals surface area contributed by atoms with E-state index in [1.54, 1.807) is 25.3 Å². The van der Waals surface area contributed by atoms with Crippen LogP contribution in [0.4, 0.5) is 0 Å². The lowest BCUT2D eigenvalue weighted by atomic mass is 10.1. The van der Waals surface area contributed by atoms with Crippen LogP contribution < -0.4 is 10.3 Å². The highest BCUT2D eigenvalue weighted by Gasteiger charge is 2.18. The molecule has 34 heavy (non-hydrogen) atoms. The van der Waals surface area contributed by atoms with Crippen molar-refractivity contribution in [3.63, 3.8) is 0 Å². The fraction of sp³-hybridized carbons (Fsp3) is 0.240. The van der Waals surface area contributed by atoms with Crippen LogP contribution in [0.1, 0.15) is 42.8 Å². The summed E-state index contributed by atoms with van der Waals surface area (Å²) in [6, 6.07) is 12.8. The smallest absolute Gasteiger partial charge is 0.280 e. The summed E-state index contributed by atoms with van der Waals surface area (Å²) in [5.74, 6) is 1.35. The maximum absolute atomic E-state index is 13.2. The summed E-state index contributed by atoms with van der Waals surface area (Å²) in [5.41, 5.74) is 3.06. The lowest BCUT2D eigenvalue weighted by Crippen LogP contribution is -2.24. The second-order valence-corrected chi connectivity index (χ2v) is 8.88. The summed E-state index contributed by atoms with van der Waals surface area (Å²) >= 11 is 12.9. The predicted octanol–water partition coefficient (Wildman–Crippen LogP) is 5.71. The molecule has 0 amide bonds. The second-order valence-electron chi connectivity index (χ2n) is 8.10. The first-order valence-corrected chi connectivity index (χ1v) is 11.5. The summed E-state index contributed by atoms with van der Waals surface area (Å²) in [7, 11) is 0. The number of nitrogens with zero attached hydrogens (tertiary/aromatic N) is 5. The van der Waals surface area contributed by atoms with E-state index in [1.807, 2.05) is 51.1 Å². The molecular formula is C25H23Cl2N5O2. The van der Waals surface area contributed by atoms with E-state index in [1.165, 1.54) is 4.57 Å². The van der Waals surface area contributed by atoms with Gasteiger partial charge in [-0.2, -0.15) is 4.98 Å². The van der Waals surface area contributed by atoms with Gasteiger partial charge >= 0.3 is 0 Å². The molecule has 0 bridgehead atoms. The Morgan fingerprint density at radius 3 is 2.56 bits per heavy atom. The molecular weight excluding hydrogens is 473 g/mol. The fourth-order valence-corrected chi connectivity index (χ4v) is 3.82. The van der Waals surface area contributed by atoms with Gasteiger partial charge in [0.2, 0.25) is 5.88 Å². The van der Waals surface area contributed by atoms with Gasteiger partial charge in [-0.25, -0.2) is 9.97 Å². The van der Waals surface area contributed by atoms with Gasteiger partial charge in [0.15, 0.2) is 5.02 Å². The molecule has 9 heteroatoms. The summed E-state index contributed by atoms with van der Waals surface area (Å²) in [5, 5.41) is 0.242. The molecule has 0 saturated carbocycles. The highest BCUT2D eigenvalue weighted by molar-refractivity contribution is 6.33. The Labute approximate surface area is 207 Å². The van der Waals surface area contributed by atoms with E-state index < -0.39 is 5.56 Å². The number of ether oxygens (including phenoxy) is 1. The van der Waals surface area contributed by atoms with Crippen molar-refractivity contribution in [2.75, 3.05) is 0 Å². The molecule has 0 aliphatic heterocycles. The number of benzene rings is 1. The molecule has 174 valence electrons. The van der Waals surface area contributed by atoms with Gasteiger partial charge in [0, 0.05) is 23.4 Å². The molecule has 0 fully saturated rings. The normalized spacial score (nSPS) is 11.1. The number of pyridine rings is 1. The van der Waals surface area contributed by atoms with E-state index in [-0.39, 0.29) is 23.4 Å². The molecule has 3 heterocycles. The van der Waals surface area contributed by atoms with E-state index >= 15 is 0 Å². The fourth-order valence-electron chi connectivity index (χ4n) is 3.44. The summed E-state index contributed by atoms with van der Waals surface area (Å²) in [4.78, 5) is 31.0. The van der Waals surface area contributed by atoms with Crippen LogP contribution in [0.25, 0.3) is 16.9 Å². The SMILES string of the molecule is Cc1cccc(COc2nc(C)n(-c3cc(-c4ccnc(C(C)C)n4)ccc3Cl)c(=O)c2Cl)n1. The van der Waals surface area contributed by atoms with Crippen molar-refractivity contribution in [3.05, 3.63) is 92.1 Å². The van der Waals surface area contributed by atoms with Crippen LogP contribution in [-0.4, -0.2) is 24.5 Å². The van der Waals surface area contributed by atoms with Gasteiger partial charge in [-0.1, -0.05) is 49.2 Å². The van der Waals surface area contributed by atoms with Crippen LogP contribution in [0.5, 0.6) is 5.88 Å². The van der Waals surface area contributed by atoms with E-state index in [0.29, 0.717) is 22.2 Å². The molecule has 4 aromatic rings. The van der Waals surface area contributed by atoms with Crippen molar-refractivity contribution in [2.45, 2.75) is 40.2 Å². The van der Waals surface area contributed by atoms with Gasteiger partial charge in [-0.15, -0.1) is 0 Å². The van der Waals surface area contributed by atoms with Crippen LogP contribution >= 0.6 is 23.2 Å². The Kier molecular flexibility index (Phi) is 6.95. The van der Waals surface area contributed by atoms with Gasteiger partial charge < -0.3 is 4.74 Å². The highest BCUT2D eigenvalue weighted by Crippen LogP contribution is 2.29. The molecule has 7 nitrogen and oxygen atoms in total. The van der Waals surface area contributed by atoms with Gasteiger partial charge in [0.1, 0.15) is 18.3 Å². The molecule has 4 rings (SSSR count). The van der Waals surface area contributed by atoms with Crippen molar-refractivity contribution < 1.29 is 4.74 Å². The van der Waals surface area contributed by atoms with Crippen LogP contribution in [0.3, 0.4) is 0 Å². The molecule has 0 aliphatic rings. The van der Waals surface area contributed by atoms with Crippen LogP contribution in [-0.2, 0) is 6.61 Å². The first kappa shape index (κ1) is 23.9. The summed E-state index contributed by atoms with van der Waals surface area (Å²) < 4.78 is 7.09. The Morgan fingerprint density at radius 2 is 1.82 bits per heavy atom. The maximum Gasteiger partial charge on any atom is 0.280 e. The largest absolute Gasteiger partial charge is 0.470 e. The maximum atomic E-state index is 13.2. The molecule has 0 unspecified atom stereocenters. The Morgan fingerprint density at radius 1 is 1.03 bits per heavy atom. The van der Waals surface area contributed by atoms with Crippen LogP contribution in [0, 0.1) is 13.8 Å². The molecule has 1 aromatic carbocycles. The number of hydrogen-bond acceptors (Lipinski definition) is 6. The quantitative estimate of drug-likeness (QED) is 0.340. The number of aryl methyl sites for hydroxylation is 2. The van der Waals surface area contributed by atoms with Crippen molar-refractivity contribution in [1.29, 1.82) is 0 Å². The average Bonchev–Trinajstić information content (AvgIpc) is 2.82. The predicted molar refractivity (Wildman–Crippen MR) is 133 cm³/mol. The third kappa shape index (κ3) is 4.95. The Balaban J connectivity index is 1.72. The second kappa shape index (κ2) is 9.91. The molecule has 0 atom stereocenters.